The summed E-state index contributed by atoms with van der Waals surface area (Å²) in [7, 11) is 0. The second-order valence-electron chi connectivity index (χ2n) is 7.35. The van der Waals surface area contributed by atoms with E-state index >= 15 is 0 Å². The van der Waals surface area contributed by atoms with Crippen LogP contribution in [0.5, 0.6) is 0 Å². The van der Waals surface area contributed by atoms with Crippen molar-refractivity contribution in [2.75, 3.05) is 12.3 Å². The minimum Gasteiger partial charge on any atom is -0.462 e. The van der Waals surface area contributed by atoms with Gasteiger partial charge in [0.1, 0.15) is 16.9 Å². The van der Waals surface area contributed by atoms with Crippen molar-refractivity contribution >= 4 is 34.0 Å². The van der Waals surface area contributed by atoms with Crippen LogP contribution >= 0.6 is 0 Å². The van der Waals surface area contributed by atoms with Gasteiger partial charge >= 0.3 is 5.97 Å². The van der Waals surface area contributed by atoms with E-state index in [2.05, 4.69) is 11.9 Å². The van der Waals surface area contributed by atoms with Crippen LogP contribution in [-0.4, -0.2) is 27.1 Å². The zero-order chi connectivity index (χ0) is 19.4. The summed E-state index contributed by atoms with van der Waals surface area (Å²) in [6.07, 6.45) is 4.44. The smallest absolute Gasteiger partial charge is 0.344 e. The van der Waals surface area contributed by atoms with Gasteiger partial charge in [-0.2, -0.15) is 0 Å². The zero-order valence-electron chi connectivity index (χ0n) is 16.4. The summed E-state index contributed by atoms with van der Waals surface area (Å²) >= 11 is 0. The highest BCUT2D eigenvalue weighted by Crippen LogP contribution is 2.29. The Morgan fingerprint density at radius 1 is 1.15 bits per heavy atom. The van der Waals surface area contributed by atoms with Gasteiger partial charge in [-0.1, -0.05) is 52.2 Å². The number of carbonyl (C=O) groups excluding carboxylic acids is 1. The first-order valence-electron chi connectivity index (χ1n) is 9.74. The van der Waals surface area contributed by atoms with Crippen molar-refractivity contribution in [1.29, 1.82) is 0 Å². The summed E-state index contributed by atoms with van der Waals surface area (Å²) < 4.78 is 7.36. The third-order valence-corrected chi connectivity index (χ3v) is 4.58. The largest absolute Gasteiger partial charge is 0.462 e. The Hall–Kier alpha value is -2.63. The number of nitrogens with zero attached hydrogens (tertiary/aromatic N) is 3. The first-order valence-corrected chi connectivity index (χ1v) is 9.74. The number of ether oxygens (including phenoxy) is 1. The van der Waals surface area contributed by atoms with Crippen molar-refractivity contribution in [3.63, 3.8) is 0 Å². The molecule has 2 aromatic heterocycles. The van der Waals surface area contributed by atoms with Crippen LogP contribution in [0.2, 0.25) is 0 Å². The fourth-order valence-corrected chi connectivity index (χ4v) is 3.16. The maximum atomic E-state index is 12.7. The lowest BCUT2D eigenvalue weighted by atomic mass is 10.2. The molecule has 144 valence electrons. The number of para-hydroxylation sites is 2. The minimum atomic E-state index is -0.428. The SMILES string of the molecule is CCCCCCn1c(N)c(C(=O)OCC(C)C)c2nc3ccccc3nc21. The molecular formula is C21H28N4O2. The van der Waals surface area contributed by atoms with E-state index in [9.17, 15) is 4.79 Å². The topological polar surface area (TPSA) is 83.0 Å². The average molecular weight is 368 g/mol. The first-order chi connectivity index (χ1) is 13.0. The zero-order valence-corrected chi connectivity index (χ0v) is 16.4. The minimum absolute atomic E-state index is 0.254. The lowest BCUT2D eigenvalue weighted by Gasteiger charge is -2.08. The first kappa shape index (κ1) is 19.1. The van der Waals surface area contributed by atoms with Gasteiger partial charge < -0.3 is 15.0 Å². The molecule has 0 aliphatic rings. The maximum Gasteiger partial charge on any atom is 0.344 e. The number of nitrogens with two attached hydrogens (primary N) is 1. The number of benzene rings is 1. The Balaban J connectivity index is 2.07. The van der Waals surface area contributed by atoms with Crippen LogP contribution < -0.4 is 5.73 Å². The van der Waals surface area contributed by atoms with Gasteiger partial charge in [-0.3, -0.25) is 0 Å². The molecule has 0 aliphatic heterocycles. The van der Waals surface area contributed by atoms with Crippen LogP contribution in [0.3, 0.4) is 0 Å². The third kappa shape index (κ3) is 4.04. The van der Waals surface area contributed by atoms with Crippen molar-refractivity contribution in [3.8, 4) is 0 Å². The molecule has 0 spiro atoms. The number of anilines is 1. The fourth-order valence-electron chi connectivity index (χ4n) is 3.16. The van der Waals surface area contributed by atoms with Gasteiger partial charge in [0.25, 0.3) is 0 Å². The van der Waals surface area contributed by atoms with Crippen LogP contribution in [0.25, 0.3) is 22.2 Å². The summed E-state index contributed by atoms with van der Waals surface area (Å²) in [5.74, 6) is 0.220. The van der Waals surface area contributed by atoms with E-state index in [-0.39, 0.29) is 5.92 Å². The number of hydrogen-bond donors (Lipinski definition) is 1. The van der Waals surface area contributed by atoms with E-state index in [1.807, 2.05) is 42.7 Å². The van der Waals surface area contributed by atoms with Crippen LogP contribution in [0.15, 0.2) is 24.3 Å². The molecule has 6 heteroatoms. The number of nitrogen functional groups attached to an aromatic ring is 1. The molecule has 0 bridgehead atoms. The van der Waals surface area contributed by atoms with Gasteiger partial charge in [0.2, 0.25) is 0 Å². The molecule has 3 aromatic rings. The predicted molar refractivity (Wildman–Crippen MR) is 109 cm³/mol. The molecule has 0 unspecified atom stereocenters. The highest BCUT2D eigenvalue weighted by Gasteiger charge is 2.25. The highest BCUT2D eigenvalue weighted by molar-refractivity contribution is 6.08. The average Bonchev–Trinajstić information content (AvgIpc) is 2.92. The van der Waals surface area contributed by atoms with Crippen molar-refractivity contribution in [3.05, 3.63) is 29.8 Å². The molecule has 0 saturated heterocycles. The number of esters is 1. The lowest BCUT2D eigenvalue weighted by molar-refractivity contribution is 0.0462. The summed E-state index contributed by atoms with van der Waals surface area (Å²) in [6.45, 7) is 7.25. The van der Waals surface area contributed by atoms with Crippen LogP contribution in [0.4, 0.5) is 5.82 Å². The quantitative estimate of drug-likeness (QED) is 0.465. The maximum absolute atomic E-state index is 12.7. The molecule has 1 aromatic carbocycles. The number of fused-ring (bicyclic) bond motifs is 2. The normalized spacial score (nSPS) is 11.6. The predicted octanol–water partition coefficient (Wildman–Crippen LogP) is 4.56. The molecule has 0 atom stereocenters. The number of aryl methyl sites for hydroxylation is 1. The Morgan fingerprint density at radius 2 is 1.85 bits per heavy atom. The van der Waals surface area contributed by atoms with Gasteiger partial charge in [-0.25, -0.2) is 14.8 Å². The van der Waals surface area contributed by atoms with Crippen molar-refractivity contribution < 1.29 is 9.53 Å². The standard InChI is InChI=1S/C21H28N4O2/c1-4-5-6-9-12-25-19(22)17(21(26)27-13-14(2)3)18-20(25)24-16-11-8-7-10-15(16)23-18/h7-8,10-11,14H,4-6,9,12-13,22H2,1-3H3. The van der Waals surface area contributed by atoms with Crippen LogP contribution in [-0.2, 0) is 11.3 Å². The van der Waals surface area contributed by atoms with Crippen LogP contribution in [0.1, 0.15) is 56.8 Å². The molecule has 0 aliphatic carbocycles. The van der Waals surface area contributed by atoms with E-state index in [0.29, 0.717) is 35.7 Å². The van der Waals surface area contributed by atoms with E-state index in [4.69, 9.17) is 15.5 Å². The molecule has 0 radical (unpaired) electrons. The van der Waals surface area contributed by atoms with E-state index < -0.39 is 5.97 Å². The summed E-state index contributed by atoms with van der Waals surface area (Å²) in [5.41, 5.74) is 9.42. The van der Waals surface area contributed by atoms with Crippen molar-refractivity contribution in [1.82, 2.24) is 14.5 Å². The lowest BCUT2D eigenvalue weighted by Crippen LogP contribution is -2.13. The van der Waals surface area contributed by atoms with E-state index in [1.54, 1.807) is 0 Å². The molecule has 0 fully saturated rings. The molecule has 2 N–H and O–H groups in total. The Bertz CT molecular complexity index is 946. The molecule has 2 heterocycles. The molecule has 0 amide bonds. The summed E-state index contributed by atoms with van der Waals surface area (Å²) in [4.78, 5) is 22.2. The number of carbonyl (C=O) groups is 1. The summed E-state index contributed by atoms with van der Waals surface area (Å²) in [6, 6.07) is 7.65. The van der Waals surface area contributed by atoms with Crippen LogP contribution in [0, 0.1) is 5.92 Å². The van der Waals surface area contributed by atoms with Gasteiger partial charge in [-0.05, 0) is 24.5 Å². The van der Waals surface area contributed by atoms with Gasteiger partial charge in [-0.15, -0.1) is 0 Å². The van der Waals surface area contributed by atoms with E-state index in [0.717, 1.165) is 23.9 Å². The number of aromatic nitrogens is 3. The molecule has 3 rings (SSSR count). The molecule has 6 nitrogen and oxygen atoms in total. The van der Waals surface area contributed by atoms with Crippen molar-refractivity contribution in [2.45, 2.75) is 53.0 Å². The van der Waals surface area contributed by atoms with Gasteiger partial charge in [0.15, 0.2) is 5.65 Å². The Kier molecular flexibility index (Phi) is 5.94. The van der Waals surface area contributed by atoms with Crippen molar-refractivity contribution in [2.24, 2.45) is 5.92 Å². The second kappa shape index (κ2) is 8.37. The number of hydrogen-bond acceptors (Lipinski definition) is 5. The van der Waals surface area contributed by atoms with Gasteiger partial charge in [0.05, 0.1) is 17.6 Å². The molecular weight excluding hydrogens is 340 g/mol. The monoisotopic (exact) mass is 368 g/mol. The van der Waals surface area contributed by atoms with E-state index in [1.165, 1.54) is 12.8 Å². The molecule has 0 saturated carbocycles. The summed E-state index contributed by atoms with van der Waals surface area (Å²) in [5, 5.41) is 0. The molecule has 27 heavy (non-hydrogen) atoms. The number of unbranched alkanes of at least 4 members (excludes halogenated alkanes) is 3. The fraction of sp³-hybridized carbons (Fsp3) is 0.476. The number of rotatable bonds is 8. The second-order valence-corrected chi connectivity index (χ2v) is 7.35. The third-order valence-electron chi connectivity index (χ3n) is 4.58. The Morgan fingerprint density at radius 3 is 2.52 bits per heavy atom. The van der Waals surface area contributed by atoms with Gasteiger partial charge in [0, 0.05) is 6.54 Å². The Labute approximate surface area is 159 Å². The highest BCUT2D eigenvalue weighted by atomic mass is 16.5.